The molecule has 0 atom stereocenters. The van der Waals surface area contributed by atoms with E-state index < -0.39 is 0 Å². The molecule has 1 aliphatic carbocycles. The average molecular weight is 757 g/mol. The van der Waals surface area contributed by atoms with Crippen LogP contribution in [0.25, 0.3) is 106 Å². The fraction of sp³-hybridized carbons (Fsp3) is 0.0556. The largest absolute Gasteiger partial charge is 0.456 e. The van der Waals surface area contributed by atoms with Crippen LogP contribution in [0, 0.1) is 0 Å². The molecule has 5 nitrogen and oxygen atoms in total. The maximum Gasteiger partial charge on any atom is 0.164 e. The van der Waals surface area contributed by atoms with E-state index in [0.717, 1.165) is 71.9 Å². The molecule has 5 heteroatoms. The second kappa shape index (κ2) is 12.7. The highest BCUT2D eigenvalue weighted by Crippen LogP contribution is 2.50. The van der Waals surface area contributed by atoms with Gasteiger partial charge in [-0.25, -0.2) is 15.0 Å². The monoisotopic (exact) mass is 756 g/mol. The first kappa shape index (κ1) is 33.5. The van der Waals surface area contributed by atoms with Crippen LogP contribution in [0.15, 0.2) is 186 Å². The van der Waals surface area contributed by atoms with E-state index in [0.29, 0.717) is 17.5 Å². The van der Waals surface area contributed by atoms with Crippen LogP contribution in [-0.2, 0) is 5.41 Å². The minimum Gasteiger partial charge on any atom is -0.456 e. The van der Waals surface area contributed by atoms with Crippen LogP contribution >= 0.6 is 0 Å². The van der Waals surface area contributed by atoms with E-state index in [1.54, 1.807) is 0 Å². The molecule has 59 heavy (non-hydrogen) atoms. The van der Waals surface area contributed by atoms with Crippen LogP contribution in [-0.4, -0.2) is 19.5 Å². The van der Waals surface area contributed by atoms with Gasteiger partial charge in [0, 0.05) is 49.3 Å². The molecular weight excluding hydrogens is 721 g/mol. The number of furan rings is 1. The van der Waals surface area contributed by atoms with E-state index in [1.165, 1.54) is 27.6 Å². The summed E-state index contributed by atoms with van der Waals surface area (Å²) >= 11 is 0. The topological polar surface area (TPSA) is 56.7 Å². The summed E-state index contributed by atoms with van der Waals surface area (Å²) in [4.78, 5) is 15.8. The minimum absolute atomic E-state index is 0.164. The lowest BCUT2D eigenvalue weighted by atomic mass is 9.82. The molecule has 0 aliphatic heterocycles. The normalized spacial score (nSPS) is 13.1. The summed E-state index contributed by atoms with van der Waals surface area (Å²) in [6.45, 7) is 4.62. The van der Waals surface area contributed by atoms with Crippen molar-refractivity contribution in [2.75, 3.05) is 0 Å². The van der Waals surface area contributed by atoms with Crippen molar-refractivity contribution in [1.29, 1.82) is 0 Å². The van der Waals surface area contributed by atoms with Gasteiger partial charge in [-0.3, -0.25) is 0 Å². The quantitative estimate of drug-likeness (QED) is 0.175. The molecule has 0 unspecified atom stereocenters. The summed E-state index contributed by atoms with van der Waals surface area (Å²) in [6, 6.07) is 64.2. The number of para-hydroxylation sites is 3. The molecule has 3 heterocycles. The fourth-order valence-corrected chi connectivity index (χ4v) is 9.49. The maximum absolute atomic E-state index is 6.46. The standard InChI is InChI=1S/C54H36N4O/c1-54(2)43-24-12-9-20-37(43)38-29-28-34(31-44(38)54)52-55-51(33-16-5-3-6-17-33)56-53(57-52)35-30-42(39-23-15-27-48-50(39)41-22-11-14-26-47(41)59-48)49-40-21-10-13-25-45(40)58(46(49)32-35)36-18-7-4-8-19-36/h3-32H,1-2H3. The van der Waals surface area contributed by atoms with Gasteiger partial charge in [0.1, 0.15) is 11.2 Å². The van der Waals surface area contributed by atoms with Gasteiger partial charge in [0.15, 0.2) is 17.5 Å². The molecule has 8 aromatic carbocycles. The number of benzene rings is 8. The first-order chi connectivity index (χ1) is 29.0. The van der Waals surface area contributed by atoms with Gasteiger partial charge in [-0.05, 0) is 81.9 Å². The van der Waals surface area contributed by atoms with Crippen LogP contribution in [0.4, 0.5) is 0 Å². The fourth-order valence-electron chi connectivity index (χ4n) is 9.49. The predicted molar refractivity (Wildman–Crippen MR) is 241 cm³/mol. The molecule has 0 fully saturated rings. The molecule has 1 aliphatic rings. The zero-order valence-corrected chi connectivity index (χ0v) is 32.5. The third kappa shape index (κ3) is 5.08. The molecule has 278 valence electrons. The molecule has 3 aromatic heterocycles. The maximum atomic E-state index is 6.46. The van der Waals surface area contributed by atoms with Crippen LogP contribution in [0.1, 0.15) is 25.0 Å². The molecule has 0 bridgehead atoms. The highest BCUT2D eigenvalue weighted by molar-refractivity contribution is 6.21. The predicted octanol–water partition coefficient (Wildman–Crippen LogP) is 13.8. The van der Waals surface area contributed by atoms with Crippen molar-refractivity contribution in [2.24, 2.45) is 0 Å². The zero-order chi connectivity index (χ0) is 39.2. The molecule has 0 N–H and O–H groups in total. The van der Waals surface area contributed by atoms with Crippen molar-refractivity contribution in [2.45, 2.75) is 19.3 Å². The molecule has 0 radical (unpaired) electrons. The molecule has 0 saturated heterocycles. The molecule has 11 aromatic rings. The number of nitrogens with zero attached hydrogens (tertiary/aromatic N) is 4. The summed E-state index contributed by atoms with van der Waals surface area (Å²) < 4.78 is 8.83. The van der Waals surface area contributed by atoms with E-state index in [-0.39, 0.29) is 5.41 Å². The Labute approximate surface area is 340 Å². The van der Waals surface area contributed by atoms with E-state index in [2.05, 4.69) is 170 Å². The minimum atomic E-state index is -0.164. The third-order valence-corrected chi connectivity index (χ3v) is 12.2. The van der Waals surface area contributed by atoms with Gasteiger partial charge < -0.3 is 8.98 Å². The lowest BCUT2D eigenvalue weighted by Gasteiger charge is -2.21. The Balaban J connectivity index is 1.16. The summed E-state index contributed by atoms with van der Waals surface area (Å²) in [5.74, 6) is 1.87. The first-order valence-corrected chi connectivity index (χ1v) is 20.1. The van der Waals surface area contributed by atoms with Crippen LogP contribution in [0.3, 0.4) is 0 Å². The molecule has 0 amide bonds. The smallest absolute Gasteiger partial charge is 0.164 e. The number of fused-ring (bicyclic) bond motifs is 9. The molecule has 0 spiro atoms. The van der Waals surface area contributed by atoms with E-state index >= 15 is 0 Å². The Hall–Kier alpha value is -7.63. The number of aromatic nitrogens is 4. The highest BCUT2D eigenvalue weighted by Gasteiger charge is 2.35. The van der Waals surface area contributed by atoms with Gasteiger partial charge in [0.05, 0.1) is 11.0 Å². The lowest BCUT2D eigenvalue weighted by molar-refractivity contribution is 0.660. The average Bonchev–Trinajstić information content (AvgIpc) is 3.92. The van der Waals surface area contributed by atoms with Gasteiger partial charge in [-0.1, -0.05) is 147 Å². The molecule has 12 rings (SSSR count). The van der Waals surface area contributed by atoms with E-state index in [9.17, 15) is 0 Å². The van der Waals surface area contributed by atoms with E-state index in [4.69, 9.17) is 19.4 Å². The second-order valence-corrected chi connectivity index (χ2v) is 16.0. The zero-order valence-electron chi connectivity index (χ0n) is 32.5. The Kier molecular flexibility index (Phi) is 7.20. The Morgan fingerprint density at radius 1 is 0.407 bits per heavy atom. The van der Waals surface area contributed by atoms with Crippen molar-refractivity contribution >= 4 is 43.7 Å². The summed E-state index contributed by atoms with van der Waals surface area (Å²) in [5.41, 5.74) is 14.9. The molecule has 0 saturated carbocycles. The number of hydrogen-bond acceptors (Lipinski definition) is 4. The van der Waals surface area contributed by atoms with E-state index in [1.807, 2.05) is 30.3 Å². The van der Waals surface area contributed by atoms with Crippen LogP contribution in [0.5, 0.6) is 0 Å². The Bertz CT molecular complexity index is 3470. The summed E-state index contributed by atoms with van der Waals surface area (Å²) in [5, 5.41) is 4.49. The third-order valence-electron chi connectivity index (χ3n) is 12.2. The van der Waals surface area contributed by atoms with Crippen LogP contribution in [0.2, 0.25) is 0 Å². The van der Waals surface area contributed by atoms with Crippen molar-refractivity contribution in [3.8, 4) is 62.1 Å². The van der Waals surface area contributed by atoms with Gasteiger partial charge >= 0.3 is 0 Å². The van der Waals surface area contributed by atoms with Gasteiger partial charge in [0.25, 0.3) is 0 Å². The Morgan fingerprint density at radius 2 is 1.03 bits per heavy atom. The van der Waals surface area contributed by atoms with Crippen molar-refractivity contribution in [1.82, 2.24) is 19.5 Å². The Morgan fingerprint density at radius 3 is 1.86 bits per heavy atom. The van der Waals surface area contributed by atoms with Gasteiger partial charge in [-0.2, -0.15) is 0 Å². The van der Waals surface area contributed by atoms with Gasteiger partial charge in [0.2, 0.25) is 0 Å². The highest BCUT2D eigenvalue weighted by atomic mass is 16.3. The summed E-state index contributed by atoms with van der Waals surface area (Å²) in [7, 11) is 0. The SMILES string of the molecule is CC1(C)c2ccccc2-c2ccc(-c3nc(-c4ccccc4)nc(-c4cc(-c5cccc6oc7ccccc7c56)c5c6ccccc6n(-c6ccccc6)c5c4)n3)cc21. The van der Waals surface area contributed by atoms with Gasteiger partial charge in [-0.15, -0.1) is 0 Å². The molecular formula is C54H36N4O. The van der Waals surface area contributed by atoms with Crippen molar-refractivity contribution in [3.63, 3.8) is 0 Å². The lowest BCUT2D eigenvalue weighted by Crippen LogP contribution is -2.15. The van der Waals surface area contributed by atoms with Crippen LogP contribution < -0.4 is 0 Å². The number of rotatable bonds is 5. The van der Waals surface area contributed by atoms with Crippen molar-refractivity contribution in [3.05, 3.63) is 193 Å². The first-order valence-electron chi connectivity index (χ1n) is 20.1. The summed E-state index contributed by atoms with van der Waals surface area (Å²) in [6.07, 6.45) is 0. The second-order valence-electron chi connectivity index (χ2n) is 16.0. The van der Waals surface area contributed by atoms with Crippen molar-refractivity contribution < 1.29 is 4.42 Å². The number of hydrogen-bond donors (Lipinski definition) is 0.